The summed E-state index contributed by atoms with van der Waals surface area (Å²) in [5, 5.41) is 12.0. The Balaban J connectivity index is 2.92. The fourth-order valence-corrected chi connectivity index (χ4v) is 1.50. The normalized spacial score (nSPS) is 12.2. The molecule has 0 radical (unpaired) electrons. The van der Waals surface area contributed by atoms with E-state index in [0.29, 0.717) is 11.8 Å². The highest BCUT2D eigenvalue weighted by Crippen LogP contribution is 2.22. The number of nitrogens with one attached hydrogen (secondary N) is 1. The monoisotopic (exact) mass is 258 g/mol. The number of hydrogen-bond donors (Lipinski definition) is 3. The molecule has 1 aromatic rings. The molecule has 0 saturated carbocycles. The van der Waals surface area contributed by atoms with E-state index in [-0.39, 0.29) is 16.9 Å². The number of rotatable bonds is 5. The van der Waals surface area contributed by atoms with Crippen LogP contribution in [0.3, 0.4) is 0 Å². The minimum absolute atomic E-state index is 0.0709. The van der Waals surface area contributed by atoms with Gasteiger partial charge in [0, 0.05) is 17.5 Å². The fraction of sp³-hybridized carbons (Fsp3) is 0.364. The molecule has 4 N–H and O–H groups in total. The first kappa shape index (κ1) is 13.6. The lowest BCUT2D eigenvalue weighted by Gasteiger charge is -2.13. The lowest BCUT2D eigenvalue weighted by molar-refractivity contribution is 0.0698. The number of aromatic carboxylic acids is 1. The summed E-state index contributed by atoms with van der Waals surface area (Å²) in [6.45, 7) is 2.55. The molecule has 0 saturated heterocycles. The predicted molar refractivity (Wildman–Crippen MR) is 69.2 cm³/mol. The summed E-state index contributed by atoms with van der Waals surface area (Å²) in [5.41, 5.74) is 5.42. The van der Waals surface area contributed by atoms with E-state index in [1.54, 1.807) is 11.8 Å². The van der Waals surface area contributed by atoms with Gasteiger partial charge in [0.15, 0.2) is 0 Å². The maximum atomic E-state index is 13.5. The molecule has 0 fully saturated rings. The number of carbonyl (C=O) groups is 1. The average molecular weight is 258 g/mol. The van der Waals surface area contributed by atoms with Crippen molar-refractivity contribution in [2.45, 2.75) is 12.2 Å². The van der Waals surface area contributed by atoms with Gasteiger partial charge in [0.05, 0.1) is 11.3 Å². The van der Waals surface area contributed by atoms with E-state index in [0.717, 1.165) is 6.07 Å². The Morgan fingerprint density at radius 2 is 2.29 bits per heavy atom. The number of nitrogens with two attached hydrogens (primary N) is 1. The molecule has 1 rings (SSSR count). The molecule has 0 aliphatic carbocycles. The molecule has 1 atom stereocenters. The van der Waals surface area contributed by atoms with Gasteiger partial charge in [0.25, 0.3) is 0 Å². The van der Waals surface area contributed by atoms with Crippen LogP contribution >= 0.6 is 11.8 Å². The van der Waals surface area contributed by atoms with E-state index in [2.05, 4.69) is 5.32 Å². The number of carboxylic acid groups (broad SMARTS) is 1. The van der Waals surface area contributed by atoms with Crippen molar-refractivity contribution < 1.29 is 14.3 Å². The fourth-order valence-electron chi connectivity index (χ4n) is 1.25. The third-order valence-corrected chi connectivity index (χ3v) is 3.32. The second kappa shape index (κ2) is 5.77. The van der Waals surface area contributed by atoms with E-state index in [1.807, 2.05) is 13.2 Å². The first-order valence-electron chi connectivity index (χ1n) is 5.04. The maximum Gasteiger partial charge on any atom is 0.337 e. The third-order valence-electron chi connectivity index (χ3n) is 2.35. The second-order valence-corrected chi connectivity index (χ2v) is 4.93. The van der Waals surface area contributed by atoms with Gasteiger partial charge in [-0.25, -0.2) is 9.18 Å². The number of benzene rings is 1. The summed E-state index contributed by atoms with van der Waals surface area (Å²) in [6, 6.07) is 2.25. The Morgan fingerprint density at radius 1 is 1.65 bits per heavy atom. The maximum absolute atomic E-state index is 13.5. The van der Waals surface area contributed by atoms with Gasteiger partial charge in [-0.1, -0.05) is 6.92 Å². The number of thioether (sulfide) groups is 1. The highest BCUT2D eigenvalue weighted by molar-refractivity contribution is 7.99. The summed E-state index contributed by atoms with van der Waals surface area (Å²) < 4.78 is 13.5. The van der Waals surface area contributed by atoms with Gasteiger partial charge in [0.1, 0.15) is 5.82 Å². The van der Waals surface area contributed by atoms with Crippen LogP contribution in [0.1, 0.15) is 17.3 Å². The van der Waals surface area contributed by atoms with Crippen molar-refractivity contribution in [1.82, 2.24) is 0 Å². The SMILES string of the molecule is CSC(C)CNc1cc(C(=O)O)c(N)cc1F. The zero-order chi connectivity index (χ0) is 13.0. The molecule has 0 aromatic heterocycles. The number of carboxylic acids is 1. The van der Waals surface area contributed by atoms with Crippen molar-refractivity contribution >= 4 is 29.1 Å². The van der Waals surface area contributed by atoms with Crippen molar-refractivity contribution in [3.8, 4) is 0 Å². The van der Waals surface area contributed by atoms with E-state index >= 15 is 0 Å². The zero-order valence-electron chi connectivity index (χ0n) is 9.66. The van der Waals surface area contributed by atoms with Gasteiger partial charge in [-0.15, -0.1) is 0 Å². The summed E-state index contributed by atoms with van der Waals surface area (Å²) in [5.74, 6) is -1.70. The highest BCUT2D eigenvalue weighted by atomic mass is 32.2. The average Bonchev–Trinajstić information content (AvgIpc) is 2.26. The largest absolute Gasteiger partial charge is 0.478 e. The van der Waals surface area contributed by atoms with Gasteiger partial charge in [-0.2, -0.15) is 11.8 Å². The summed E-state index contributed by atoms with van der Waals surface area (Å²) in [4.78, 5) is 10.8. The lowest BCUT2D eigenvalue weighted by atomic mass is 10.1. The van der Waals surface area contributed by atoms with Crippen molar-refractivity contribution in [2.75, 3.05) is 23.9 Å². The molecule has 1 unspecified atom stereocenters. The third kappa shape index (κ3) is 3.52. The molecule has 0 aliphatic heterocycles. The molecule has 1 aromatic carbocycles. The standard InChI is InChI=1S/C11H15FN2O2S/c1-6(17-2)5-14-10-3-7(11(15)16)9(13)4-8(10)12/h3-4,6,14H,5,13H2,1-2H3,(H,15,16). The molecular formula is C11H15FN2O2S. The van der Waals surface area contributed by atoms with E-state index < -0.39 is 11.8 Å². The van der Waals surface area contributed by atoms with Crippen LogP contribution in [0.4, 0.5) is 15.8 Å². The van der Waals surface area contributed by atoms with Gasteiger partial charge < -0.3 is 16.2 Å². The van der Waals surface area contributed by atoms with E-state index in [9.17, 15) is 9.18 Å². The van der Waals surface area contributed by atoms with Gasteiger partial charge >= 0.3 is 5.97 Å². The van der Waals surface area contributed by atoms with Crippen LogP contribution in [-0.4, -0.2) is 29.1 Å². The number of nitrogen functional groups attached to an aromatic ring is 1. The van der Waals surface area contributed by atoms with Crippen LogP contribution in [0.15, 0.2) is 12.1 Å². The quantitative estimate of drug-likeness (QED) is 0.706. The molecule has 94 valence electrons. The molecule has 0 aliphatic rings. The Bertz CT molecular complexity index is 426. The number of anilines is 2. The van der Waals surface area contributed by atoms with Gasteiger partial charge in [0.2, 0.25) is 0 Å². The Kier molecular flexibility index (Phi) is 4.62. The van der Waals surface area contributed by atoms with Crippen LogP contribution in [0.5, 0.6) is 0 Å². The number of hydrogen-bond acceptors (Lipinski definition) is 4. The van der Waals surface area contributed by atoms with Gasteiger partial charge in [-0.05, 0) is 18.4 Å². The summed E-state index contributed by atoms with van der Waals surface area (Å²) in [7, 11) is 0. The minimum atomic E-state index is -1.16. The van der Waals surface area contributed by atoms with Crippen molar-refractivity contribution in [3.05, 3.63) is 23.5 Å². The van der Waals surface area contributed by atoms with Crippen LogP contribution in [0.2, 0.25) is 0 Å². The number of halogens is 1. The second-order valence-electron chi connectivity index (χ2n) is 3.65. The molecule has 0 amide bonds. The van der Waals surface area contributed by atoms with E-state index in [4.69, 9.17) is 10.8 Å². The Morgan fingerprint density at radius 3 is 2.82 bits per heavy atom. The Labute approximate surface area is 103 Å². The molecule has 4 nitrogen and oxygen atoms in total. The molecule has 17 heavy (non-hydrogen) atoms. The first-order valence-corrected chi connectivity index (χ1v) is 6.33. The van der Waals surface area contributed by atoms with Crippen LogP contribution in [0, 0.1) is 5.82 Å². The van der Waals surface area contributed by atoms with Crippen molar-refractivity contribution in [3.63, 3.8) is 0 Å². The lowest BCUT2D eigenvalue weighted by Crippen LogP contribution is -2.14. The summed E-state index contributed by atoms with van der Waals surface area (Å²) >= 11 is 1.64. The first-order chi connectivity index (χ1) is 7.95. The van der Waals surface area contributed by atoms with Gasteiger partial charge in [-0.3, -0.25) is 0 Å². The smallest absolute Gasteiger partial charge is 0.337 e. The van der Waals surface area contributed by atoms with Crippen molar-refractivity contribution in [2.24, 2.45) is 0 Å². The molecular weight excluding hydrogens is 243 g/mol. The van der Waals surface area contributed by atoms with E-state index in [1.165, 1.54) is 6.07 Å². The topological polar surface area (TPSA) is 75.3 Å². The molecule has 0 heterocycles. The van der Waals surface area contributed by atoms with Crippen LogP contribution in [-0.2, 0) is 0 Å². The molecule has 0 bridgehead atoms. The van der Waals surface area contributed by atoms with Crippen molar-refractivity contribution in [1.29, 1.82) is 0 Å². The molecule has 0 spiro atoms. The predicted octanol–water partition coefficient (Wildman–Crippen LogP) is 2.27. The summed E-state index contributed by atoms with van der Waals surface area (Å²) in [6.07, 6.45) is 1.95. The Hall–Kier alpha value is -1.43. The minimum Gasteiger partial charge on any atom is -0.478 e. The molecule has 6 heteroatoms. The van der Waals surface area contributed by atoms with Crippen LogP contribution < -0.4 is 11.1 Å². The zero-order valence-corrected chi connectivity index (χ0v) is 10.5. The highest BCUT2D eigenvalue weighted by Gasteiger charge is 2.13. The van der Waals surface area contributed by atoms with Crippen LogP contribution in [0.25, 0.3) is 0 Å².